The van der Waals surface area contributed by atoms with Crippen molar-refractivity contribution in [3.05, 3.63) is 34.3 Å². The molecule has 1 aliphatic heterocycles. The highest BCUT2D eigenvalue weighted by Gasteiger charge is 2.26. The molecule has 1 heterocycles. The number of morpholine rings is 1. The Hall–Kier alpha value is -0.420. The topological polar surface area (TPSA) is 24.5 Å². The number of hydrogen-bond donors (Lipinski definition) is 1. The second-order valence-corrected chi connectivity index (χ2v) is 6.48. The highest BCUT2D eigenvalue weighted by atomic mass is 79.9. The third kappa shape index (κ3) is 4.85. The van der Waals surface area contributed by atoms with E-state index in [0.717, 1.165) is 43.6 Å². The fraction of sp³-hybridized carbons (Fsp3) is 0.625. The Morgan fingerprint density at radius 1 is 1.50 bits per heavy atom. The highest BCUT2D eigenvalue weighted by Crippen LogP contribution is 2.16. The van der Waals surface area contributed by atoms with Crippen LogP contribution < -0.4 is 5.32 Å². The van der Waals surface area contributed by atoms with Gasteiger partial charge in [0.1, 0.15) is 0 Å². The van der Waals surface area contributed by atoms with Crippen molar-refractivity contribution in [2.45, 2.75) is 31.9 Å². The number of ether oxygens (including phenoxy) is 1. The minimum absolute atomic E-state index is 0.277. The fourth-order valence-electron chi connectivity index (χ4n) is 2.64. The van der Waals surface area contributed by atoms with Crippen molar-refractivity contribution in [1.29, 1.82) is 0 Å². The highest BCUT2D eigenvalue weighted by molar-refractivity contribution is 9.10. The van der Waals surface area contributed by atoms with Gasteiger partial charge in [-0.25, -0.2) is 0 Å². The van der Waals surface area contributed by atoms with Crippen LogP contribution in [0.3, 0.4) is 0 Å². The average Bonchev–Trinajstić information content (AvgIpc) is 2.43. The molecule has 0 bridgehead atoms. The van der Waals surface area contributed by atoms with Crippen LogP contribution in [0.15, 0.2) is 28.7 Å². The lowest BCUT2D eigenvalue weighted by Gasteiger charge is -2.35. The number of nitrogens with zero attached hydrogens (tertiary/aromatic N) is 1. The molecule has 0 aliphatic carbocycles. The minimum atomic E-state index is 0.277. The molecule has 3 nitrogen and oxygen atoms in total. The molecule has 0 saturated carbocycles. The van der Waals surface area contributed by atoms with Crippen LogP contribution in [-0.4, -0.2) is 50.3 Å². The lowest BCUT2D eigenvalue weighted by Crippen LogP contribution is -2.52. The Bertz CT molecular complexity index is 413. The van der Waals surface area contributed by atoms with Gasteiger partial charge in [0.15, 0.2) is 0 Å². The van der Waals surface area contributed by atoms with Gasteiger partial charge in [0, 0.05) is 23.6 Å². The van der Waals surface area contributed by atoms with Crippen LogP contribution >= 0.6 is 15.9 Å². The lowest BCUT2D eigenvalue weighted by atomic mass is 10.00. The second kappa shape index (κ2) is 8.13. The summed E-state index contributed by atoms with van der Waals surface area (Å²) >= 11 is 3.55. The smallest absolute Gasteiger partial charge is 0.0858 e. The van der Waals surface area contributed by atoms with Gasteiger partial charge in [-0.15, -0.1) is 0 Å². The number of halogens is 1. The number of nitrogens with one attached hydrogen (secondary N) is 1. The van der Waals surface area contributed by atoms with Crippen molar-refractivity contribution in [1.82, 2.24) is 10.2 Å². The van der Waals surface area contributed by atoms with E-state index in [9.17, 15) is 0 Å². The molecule has 2 rings (SSSR count). The summed E-state index contributed by atoms with van der Waals surface area (Å²) in [5.74, 6) is 0. The van der Waals surface area contributed by atoms with Gasteiger partial charge in [0.2, 0.25) is 0 Å². The van der Waals surface area contributed by atoms with Gasteiger partial charge in [0.25, 0.3) is 0 Å². The molecule has 1 fully saturated rings. The van der Waals surface area contributed by atoms with Gasteiger partial charge in [-0.3, -0.25) is 0 Å². The number of benzene rings is 1. The standard InChI is InChI=1S/C16H25BrN2O/c1-3-7-18-15(16-12-19(2)8-9-20-16)11-13-5-4-6-14(17)10-13/h4-6,10,15-16,18H,3,7-9,11-12H2,1-2H3. The summed E-state index contributed by atoms with van der Waals surface area (Å²) < 4.78 is 7.14. The van der Waals surface area contributed by atoms with Gasteiger partial charge in [-0.2, -0.15) is 0 Å². The average molecular weight is 341 g/mol. The monoisotopic (exact) mass is 340 g/mol. The zero-order valence-corrected chi connectivity index (χ0v) is 14.0. The molecule has 2 unspecified atom stereocenters. The van der Waals surface area contributed by atoms with Gasteiger partial charge < -0.3 is 15.0 Å². The Kier molecular flexibility index (Phi) is 6.49. The van der Waals surface area contributed by atoms with Crippen molar-refractivity contribution in [3.63, 3.8) is 0 Å². The molecule has 2 atom stereocenters. The van der Waals surface area contributed by atoms with E-state index in [4.69, 9.17) is 4.74 Å². The van der Waals surface area contributed by atoms with Gasteiger partial charge in [0.05, 0.1) is 12.7 Å². The van der Waals surface area contributed by atoms with Crippen molar-refractivity contribution < 1.29 is 4.74 Å². The molecule has 112 valence electrons. The summed E-state index contributed by atoms with van der Waals surface area (Å²) in [5, 5.41) is 3.66. The Morgan fingerprint density at radius 2 is 2.35 bits per heavy atom. The summed E-state index contributed by atoms with van der Waals surface area (Å²) in [6, 6.07) is 8.95. The first-order valence-corrected chi connectivity index (χ1v) is 8.26. The Morgan fingerprint density at radius 3 is 3.05 bits per heavy atom. The molecular weight excluding hydrogens is 316 g/mol. The van der Waals surface area contributed by atoms with Crippen LogP contribution in [0.25, 0.3) is 0 Å². The van der Waals surface area contributed by atoms with Gasteiger partial charge in [-0.1, -0.05) is 35.0 Å². The Labute approximate surface area is 130 Å². The van der Waals surface area contributed by atoms with Crippen molar-refractivity contribution in [2.24, 2.45) is 0 Å². The first-order chi connectivity index (χ1) is 9.69. The van der Waals surface area contributed by atoms with E-state index in [1.807, 2.05) is 0 Å². The molecule has 0 radical (unpaired) electrons. The largest absolute Gasteiger partial charge is 0.374 e. The minimum Gasteiger partial charge on any atom is -0.374 e. The maximum Gasteiger partial charge on any atom is 0.0858 e. The van der Waals surface area contributed by atoms with Gasteiger partial charge >= 0.3 is 0 Å². The first-order valence-electron chi connectivity index (χ1n) is 7.47. The predicted molar refractivity (Wildman–Crippen MR) is 87.2 cm³/mol. The first kappa shape index (κ1) is 16.0. The third-order valence-corrected chi connectivity index (χ3v) is 4.24. The van der Waals surface area contributed by atoms with E-state index in [1.165, 1.54) is 5.56 Å². The summed E-state index contributed by atoms with van der Waals surface area (Å²) in [5.41, 5.74) is 1.35. The summed E-state index contributed by atoms with van der Waals surface area (Å²) in [6.07, 6.45) is 2.44. The molecule has 20 heavy (non-hydrogen) atoms. The van der Waals surface area contributed by atoms with Crippen LogP contribution in [0.4, 0.5) is 0 Å². The Balaban J connectivity index is 2.02. The van der Waals surface area contributed by atoms with Gasteiger partial charge in [-0.05, 0) is 44.1 Å². The van der Waals surface area contributed by atoms with E-state index in [-0.39, 0.29) is 6.10 Å². The van der Waals surface area contributed by atoms with E-state index >= 15 is 0 Å². The fourth-order valence-corrected chi connectivity index (χ4v) is 3.08. The molecule has 1 N–H and O–H groups in total. The molecule has 1 aliphatic rings. The van der Waals surface area contributed by atoms with E-state index in [0.29, 0.717) is 6.04 Å². The maximum absolute atomic E-state index is 5.99. The molecule has 0 aromatic heterocycles. The molecule has 0 amide bonds. The normalized spacial score (nSPS) is 21.9. The van der Waals surface area contributed by atoms with Crippen molar-refractivity contribution >= 4 is 15.9 Å². The molecule has 0 spiro atoms. The molecule has 1 saturated heterocycles. The van der Waals surface area contributed by atoms with E-state index < -0.39 is 0 Å². The third-order valence-electron chi connectivity index (χ3n) is 3.75. The van der Waals surface area contributed by atoms with Crippen LogP contribution in [0.2, 0.25) is 0 Å². The van der Waals surface area contributed by atoms with Crippen LogP contribution in [0.5, 0.6) is 0 Å². The van der Waals surface area contributed by atoms with Crippen LogP contribution in [0.1, 0.15) is 18.9 Å². The quantitative estimate of drug-likeness (QED) is 0.861. The number of rotatable bonds is 6. The summed E-state index contributed by atoms with van der Waals surface area (Å²) in [4.78, 5) is 2.36. The zero-order chi connectivity index (χ0) is 14.4. The summed E-state index contributed by atoms with van der Waals surface area (Å²) in [7, 11) is 2.17. The van der Waals surface area contributed by atoms with E-state index in [2.05, 4.69) is 64.4 Å². The zero-order valence-electron chi connectivity index (χ0n) is 12.4. The number of likely N-dealkylation sites (N-methyl/N-ethyl adjacent to an activating group) is 1. The molecular formula is C16H25BrN2O. The van der Waals surface area contributed by atoms with Crippen molar-refractivity contribution in [3.8, 4) is 0 Å². The summed E-state index contributed by atoms with van der Waals surface area (Å²) in [6.45, 7) is 6.13. The molecule has 1 aromatic rings. The number of hydrogen-bond acceptors (Lipinski definition) is 3. The maximum atomic E-state index is 5.99. The van der Waals surface area contributed by atoms with Crippen molar-refractivity contribution in [2.75, 3.05) is 33.3 Å². The SMILES string of the molecule is CCCNC(Cc1cccc(Br)c1)C1CN(C)CCO1. The lowest BCUT2D eigenvalue weighted by molar-refractivity contribution is -0.0383. The molecule has 1 aromatic carbocycles. The molecule has 4 heteroatoms. The van der Waals surface area contributed by atoms with Crippen LogP contribution in [0, 0.1) is 0 Å². The predicted octanol–water partition coefficient (Wildman–Crippen LogP) is 2.69. The van der Waals surface area contributed by atoms with Crippen LogP contribution in [-0.2, 0) is 11.2 Å². The second-order valence-electron chi connectivity index (χ2n) is 5.57. The van der Waals surface area contributed by atoms with E-state index in [1.54, 1.807) is 0 Å².